The molecule has 1 rings (SSSR count). The number of halogens is 1. The van der Waals surface area contributed by atoms with Crippen LogP contribution in [0.4, 0.5) is 4.39 Å². The molecule has 0 saturated heterocycles. The second-order valence-electron chi connectivity index (χ2n) is 3.41. The van der Waals surface area contributed by atoms with Gasteiger partial charge in [0.15, 0.2) is 0 Å². The predicted molar refractivity (Wildman–Crippen MR) is 58.5 cm³/mol. The summed E-state index contributed by atoms with van der Waals surface area (Å²) >= 11 is 1.37. The number of aliphatic carboxylic acids is 1. The summed E-state index contributed by atoms with van der Waals surface area (Å²) in [5, 5.41) is 8.72. The van der Waals surface area contributed by atoms with Gasteiger partial charge in [-0.05, 0) is 18.2 Å². The molecule has 1 N–H and O–H groups in total. The Morgan fingerprint density at radius 2 is 2.13 bits per heavy atom. The first-order valence-electron chi connectivity index (χ1n) is 4.65. The summed E-state index contributed by atoms with van der Waals surface area (Å²) in [7, 11) is 0. The molecule has 0 fully saturated rings. The third-order valence-corrected chi connectivity index (χ3v) is 3.52. The van der Waals surface area contributed by atoms with Crippen LogP contribution in [0.3, 0.4) is 0 Å². The molecule has 15 heavy (non-hydrogen) atoms. The van der Waals surface area contributed by atoms with Crippen molar-refractivity contribution in [2.75, 3.05) is 0 Å². The average Bonchev–Trinajstić information content (AvgIpc) is 2.16. The maximum absolute atomic E-state index is 12.8. The summed E-state index contributed by atoms with van der Waals surface area (Å²) in [5.74, 6) is -1.57. The predicted octanol–water partition coefficient (Wildman–Crippen LogP) is 3.03. The zero-order chi connectivity index (χ0) is 11.4. The number of thioether (sulfide) groups is 1. The molecule has 0 aliphatic carbocycles. The molecule has 0 heterocycles. The monoisotopic (exact) mass is 228 g/mol. The molecule has 0 aliphatic rings. The second-order valence-corrected chi connectivity index (χ2v) is 4.86. The first-order chi connectivity index (χ1) is 7.00. The Hall–Kier alpha value is -1.03. The van der Waals surface area contributed by atoms with E-state index < -0.39 is 11.9 Å². The van der Waals surface area contributed by atoms with Gasteiger partial charge in [-0.15, -0.1) is 11.8 Å². The van der Waals surface area contributed by atoms with Crippen LogP contribution in [0, 0.1) is 11.7 Å². The summed E-state index contributed by atoms with van der Waals surface area (Å²) in [5.41, 5.74) is 0. The molecule has 0 spiro atoms. The van der Waals surface area contributed by atoms with Crippen molar-refractivity contribution in [1.29, 1.82) is 0 Å². The van der Waals surface area contributed by atoms with Gasteiger partial charge in [-0.25, -0.2) is 4.39 Å². The molecular formula is C11H13FO2S. The van der Waals surface area contributed by atoms with Crippen molar-refractivity contribution in [1.82, 2.24) is 0 Å². The van der Waals surface area contributed by atoms with Gasteiger partial charge < -0.3 is 5.11 Å². The van der Waals surface area contributed by atoms with Gasteiger partial charge in [-0.2, -0.15) is 0 Å². The maximum atomic E-state index is 12.8. The van der Waals surface area contributed by atoms with Crippen molar-refractivity contribution in [3.63, 3.8) is 0 Å². The summed E-state index contributed by atoms with van der Waals surface area (Å²) in [6, 6.07) is 6.18. The van der Waals surface area contributed by atoms with E-state index in [2.05, 4.69) is 0 Å². The van der Waals surface area contributed by atoms with Crippen LogP contribution in [0.5, 0.6) is 0 Å². The fourth-order valence-corrected chi connectivity index (χ4v) is 2.15. The highest BCUT2D eigenvalue weighted by molar-refractivity contribution is 8.00. The lowest BCUT2D eigenvalue weighted by Gasteiger charge is -2.15. The molecule has 0 bridgehead atoms. The average molecular weight is 228 g/mol. The Morgan fingerprint density at radius 1 is 1.47 bits per heavy atom. The van der Waals surface area contributed by atoms with Crippen molar-refractivity contribution in [2.24, 2.45) is 5.92 Å². The van der Waals surface area contributed by atoms with Crippen LogP contribution in [0.15, 0.2) is 29.2 Å². The van der Waals surface area contributed by atoms with Crippen LogP contribution < -0.4 is 0 Å². The molecule has 1 aromatic carbocycles. The number of carboxylic acids is 1. The lowest BCUT2D eigenvalue weighted by atomic mass is 10.1. The Bertz CT molecular complexity index is 354. The molecule has 2 atom stereocenters. The van der Waals surface area contributed by atoms with Crippen molar-refractivity contribution in [2.45, 2.75) is 24.0 Å². The first-order valence-corrected chi connectivity index (χ1v) is 5.53. The van der Waals surface area contributed by atoms with Crippen molar-refractivity contribution < 1.29 is 14.3 Å². The zero-order valence-electron chi connectivity index (χ0n) is 8.61. The maximum Gasteiger partial charge on any atom is 0.307 e. The highest BCUT2D eigenvalue weighted by Gasteiger charge is 2.20. The van der Waals surface area contributed by atoms with Gasteiger partial charge in [0.1, 0.15) is 5.82 Å². The highest BCUT2D eigenvalue weighted by atomic mass is 32.2. The number of hydrogen-bond donors (Lipinski definition) is 1. The Balaban J connectivity index is 2.66. The minimum absolute atomic E-state index is 0.0794. The molecule has 2 nitrogen and oxygen atoms in total. The van der Waals surface area contributed by atoms with E-state index in [9.17, 15) is 9.18 Å². The van der Waals surface area contributed by atoms with Crippen LogP contribution >= 0.6 is 11.8 Å². The third-order valence-electron chi connectivity index (χ3n) is 2.21. The van der Waals surface area contributed by atoms with Gasteiger partial charge in [0.05, 0.1) is 5.92 Å². The van der Waals surface area contributed by atoms with Crippen LogP contribution in [0.1, 0.15) is 13.8 Å². The summed E-state index contributed by atoms with van der Waals surface area (Å²) < 4.78 is 12.8. The van der Waals surface area contributed by atoms with Gasteiger partial charge in [-0.1, -0.05) is 19.9 Å². The third kappa shape index (κ3) is 3.55. The zero-order valence-corrected chi connectivity index (χ0v) is 9.42. The van der Waals surface area contributed by atoms with E-state index in [1.54, 1.807) is 19.1 Å². The van der Waals surface area contributed by atoms with Gasteiger partial charge in [0.25, 0.3) is 0 Å². The first kappa shape index (κ1) is 12.0. The van der Waals surface area contributed by atoms with E-state index in [1.165, 1.54) is 23.9 Å². The Labute approximate surface area is 92.5 Å². The quantitative estimate of drug-likeness (QED) is 0.805. The van der Waals surface area contributed by atoms with Crippen LogP contribution in [-0.4, -0.2) is 16.3 Å². The molecule has 0 saturated carbocycles. The summed E-state index contributed by atoms with van der Waals surface area (Å²) in [4.78, 5) is 11.5. The summed E-state index contributed by atoms with van der Waals surface area (Å²) in [6.07, 6.45) is 0. The lowest BCUT2D eigenvalue weighted by Crippen LogP contribution is -2.19. The molecule has 82 valence electrons. The number of carboxylic acid groups (broad SMARTS) is 1. The van der Waals surface area contributed by atoms with Crippen LogP contribution in [0.25, 0.3) is 0 Å². The molecule has 2 unspecified atom stereocenters. The van der Waals surface area contributed by atoms with E-state index in [4.69, 9.17) is 5.11 Å². The van der Waals surface area contributed by atoms with E-state index in [1.807, 2.05) is 6.92 Å². The molecule has 0 aromatic heterocycles. The molecule has 1 aromatic rings. The highest BCUT2D eigenvalue weighted by Crippen LogP contribution is 2.28. The standard InChI is InChI=1S/C11H13FO2S/c1-7(11(13)14)8(2)15-10-5-3-4-9(12)6-10/h3-8H,1-2H3,(H,13,14). The molecule has 0 aliphatic heterocycles. The smallest absolute Gasteiger partial charge is 0.307 e. The van der Waals surface area contributed by atoms with Gasteiger partial charge in [0.2, 0.25) is 0 Å². The van der Waals surface area contributed by atoms with Gasteiger partial charge >= 0.3 is 5.97 Å². The summed E-state index contributed by atoms with van der Waals surface area (Å²) in [6.45, 7) is 3.48. The van der Waals surface area contributed by atoms with E-state index in [0.717, 1.165) is 4.90 Å². The minimum atomic E-state index is -0.827. The molecule has 0 radical (unpaired) electrons. The van der Waals surface area contributed by atoms with Crippen LogP contribution in [0.2, 0.25) is 0 Å². The molecular weight excluding hydrogens is 215 g/mol. The number of benzene rings is 1. The van der Waals surface area contributed by atoms with Crippen molar-refractivity contribution in [3.05, 3.63) is 30.1 Å². The fourth-order valence-electron chi connectivity index (χ4n) is 1.06. The Kier molecular flexibility index (Phi) is 4.15. The van der Waals surface area contributed by atoms with Gasteiger partial charge in [0, 0.05) is 10.1 Å². The molecule has 4 heteroatoms. The second kappa shape index (κ2) is 5.16. The largest absolute Gasteiger partial charge is 0.481 e. The lowest BCUT2D eigenvalue weighted by molar-refractivity contribution is -0.140. The topological polar surface area (TPSA) is 37.3 Å². The van der Waals surface area contributed by atoms with Gasteiger partial charge in [-0.3, -0.25) is 4.79 Å². The van der Waals surface area contributed by atoms with E-state index >= 15 is 0 Å². The SMILES string of the molecule is CC(Sc1cccc(F)c1)C(C)C(=O)O. The molecule has 0 amide bonds. The Morgan fingerprint density at radius 3 is 2.67 bits per heavy atom. The van der Waals surface area contributed by atoms with E-state index in [0.29, 0.717) is 0 Å². The van der Waals surface area contributed by atoms with E-state index in [-0.39, 0.29) is 11.1 Å². The number of rotatable bonds is 4. The van der Waals surface area contributed by atoms with Crippen molar-refractivity contribution >= 4 is 17.7 Å². The normalized spacial score (nSPS) is 14.6. The number of carbonyl (C=O) groups is 1. The van der Waals surface area contributed by atoms with Crippen molar-refractivity contribution in [3.8, 4) is 0 Å². The fraction of sp³-hybridized carbons (Fsp3) is 0.364. The van der Waals surface area contributed by atoms with Crippen LogP contribution in [-0.2, 0) is 4.79 Å². The number of hydrogen-bond acceptors (Lipinski definition) is 2. The minimum Gasteiger partial charge on any atom is -0.481 e.